The van der Waals surface area contributed by atoms with Gasteiger partial charge in [0.2, 0.25) is 0 Å². The molecule has 3 nitrogen and oxygen atoms in total. The second kappa shape index (κ2) is 5.04. The smallest absolute Gasteiger partial charge is 0.150 e. The predicted molar refractivity (Wildman–Crippen MR) is 64.3 cm³/mol. The van der Waals surface area contributed by atoms with Gasteiger partial charge in [-0.1, -0.05) is 29.3 Å². The minimum absolute atomic E-state index is 0.140. The number of rotatable bonds is 3. The summed E-state index contributed by atoms with van der Waals surface area (Å²) in [5.41, 5.74) is 0.748. The van der Waals surface area contributed by atoms with E-state index in [-0.39, 0.29) is 15.9 Å². The maximum Gasteiger partial charge on any atom is 0.150 e. The van der Waals surface area contributed by atoms with Crippen LogP contribution in [0.5, 0.6) is 0 Å². The van der Waals surface area contributed by atoms with E-state index in [0.717, 1.165) is 0 Å². The van der Waals surface area contributed by atoms with Crippen LogP contribution in [0.25, 0.3) is 5.69 Å². The number of hydrogen-bond acceptors (Lipinski definition) is 2. The van der Waals surface area contributed by atoms with E-state index in [9.17, 15) is 4.39 Å². The highest BCUT2D eigenvalue weighted by Gasteiger charge is 2.14. The zero-order valence-electron chi connectivity index (χ0n) is 8.95. The van der Waals surface area contributed by atoms with E-state index in [2.05, 4.69) is 5.10 Å². The Balaban J connectivity index is 2.52. The molecule has 0 aliphatic heterocycles. The largest absolute Gasteiger partial charge is 0.378 e. The molecule has 1 heterocycles. The van der Waals surface area contributed by atoms with Crippen molar-refractivity contribution >= 4 is 23.2 Å². The van der Waals surface area contributed by atoms with E-state index in [4.69, 9.17) is 27.9 Å². The fourth-order valence-corrected chi connectivity index (χ4v) is 1.96. The monoisotopic (exact) mass is 274 g/mol. The number of ether oxygens (including phenoxy) is 1. The third-order valence-electron chi connectivity index (χ3n) is 2.16. The number of aromatic nitrogens is 2. The van der Waals surface area contributed by atoms with Gasteiger partial charge in [0.15, 0.2) is 0 Å². The molecule has 0 atom stereocenters. The maximum atomic E-state index is 13.7. The molecule has 1 aromatic carbocycles. The van der Waals surface area contributed by atoms with Crippen LogP contribution in [0.2, 0.25) is 10.2 Å². The van der Waals surface area contributed by atoms with Crippen molar-refractivity contribution in [1.29, 1.82) is 0 Å². The Morgan fingerprint density at radius 1 is 1.41 bits per heavy atom. The molecule has 6 heteroatoms. The van der Waals surface area contributed by atoms with E-state index in [1.54, 1.807) is 19.2 Å². The number of nitrogens with zero attached hydrogens (tertiary/aromatic N) is 2. The standard InChI is InChI=1S/C11H9Cl2FN2O/c1-17-6-7-5-10(13)16(15-7)11-8(12)3-2-4-9(11)14/h2-5H,6H2,1H3. The predicted octanol–water partition coefficient (Wildman–Crippen LogP) is 3.46. The zero-order valence-corrected chi connectivity index (χ0v) is 10.5. The Kier molecular flexibility index (Phi) is 3.66. The fraction of sp³-hybridized carbons (Fsp3) is 0.182. The normalized spacial score (nSPS) is 10.8. The SMILES string of the molecule is COCc1cc(Cl)n(-c2c(F)cccc2Cl)n1. The van der Waals surface area contributed by atoms with E-state index < -0.39 is 5.82 Å². The first-order chi connectivity index (χ1) is 8.13. The second-order valence-corrected chi connectivity index (χ2v) is 4.17. The van der Waals surface area contributed by atoms with E-state index in [0.29, 0.717) is 12.3 Å². The highest BCUT2D eigenvalue weighted by molar-refractivity contribution is 6.33. The van der Waals surface area contributed by atoms with Crippen molar-refractivity contribution in [2.45, 2.75) is 6.61 Å². The fourth-order valence-electron chi connectivity index (χ4n) is 1.47. The molecular weight excluding hydrogens is 266 g/mol. The number of halogens is 3. The van der Waals surface area contributed by atoms with Gasteiger partial charge in [-0.15, -0.1) is 0 Å². The third-order valence-corrected chi connectivity index (χ3v) is 2.73. The van der Waals surface area contributed by atoms with Gasteiger partial charge in [0, 0.05) is 13.2 Å². The summed E-state index contributed by atoms with van der Waals surface area (Å²) >= 11 is 11.9. The summed E-state index contributed by atoms with van der Waals surface area (Å²) in [6, 6.07) is 6.01. The summed E-state index contributed by atoms with van der Waals surface area (Å²) in [6.07, 6.45) is 0. The summed E-state index contributed by atoms with van der Waals surface area (Å²) in [7, 11) is 1.54. The molecular formula is C11H9Cl2FN2O. The first-order valence-corrected chi connectivity index (χ1v) is 5.57. The second-order valence-electron chi connectivity index (χ2n) is 3.37. The van der Waals surface area contributed by atoms with Gasteiger partial charge in [-0.25, -0.2) is 9.07 Å². The lowest BCUT2D eigenvalue weighted by atomic mass is 10.3. The van der Waals surface area contributed by atoms with Crippen molar-refractivity contribution in [3.8, 4) is 5.69 Å². The first kappa shape index (κ1) is 12.4. The lowest BCUT2D eigenvalue weighted by molar-refractivity contribution is 0.181. The van der Waals surface area contributed by atoms with Gasteiger partial charge < -0.3 is 4.74 Å². The number of benzene rings is 1. The summed E-state index contributed by atoms with van der Waals surface area (Å²) < 4.78 is 19.9. The minimum atomic E-state index is -0.480. The van der Waals surface area contributed by atoms with Crippen LogP contribution >= 0.6 is 23.2 Å². The molecule has 90 valence electrons. The van der Waals surface area contributed by atoms with E-state index in [1.807, 2.05) is 0 Å². The van der Waals surface area contributed by atoms with E-state index in [1.165, 1.54) is 16.8 Å². The lowest BCUT2D eigenvalue weighted by Crippen LogP contribution is -2.02. The van der Waals surface area contributed by atoms with E-state index >= 15 is 0 Å². The average Bonchev–Trinajstić information content (AvgIpc) is 2.60. The van der Waals surface area contributed by atoms with Gasteiger partial charge in [0.05, 0.1) is 17.3 Å². The quantitative estimate of drug-likeness (QED) is 0.857. The molecule has 2 aromatic rings. The van der Waals surface area contributed by atoms with Gasteiger partial charge in [0.1, 0.15) is 16.7 Å². The topological polar surface area (TPSA) is 27.1 Å². The van der Waals surface area contributed by atoms with Crippen molar-refractivity contribution in [1.82, 2.24) is 9.78 Å². The van der Waals surface area contributed by atoms with Gasteiger partial charge in [0.25, 0.3) is 0 Å². The summed E-state index contributed by atoms with van der Waals surface area (Å²) in [5, 5.41) is 4.66. The van der Waals surface area contributed by atoms with Crippen LogP contribution < -0.4 is 0 Å². The van der Waals surface area contributed by atoms with Crippen LogP contribution in [0.1, 0.15) is 5.69 Å². The van der Waals surface area contributed by atoms with Crippen molar-refractivity contribution < 1.29 is 9.13 Å². The molecule has 17 heavy (non-hydrogen) atoms. The third kappa shape index (κ3) is 2.44. The van der Waals surface area contributed by atoms with Crippen LogP contribution in [0.15, 0.2) is 24.3 Å². The van der Waals surface area contributed by atoms with Gasteiger partial charge in [-0.2, -0.15) is 5.10 Å². The Bertz CT molecular complexity index is 522. The van der Waals surface area contributed by atoms with Crippen molar-refractivity contribution in [2.75, 3.05) is 7.11 Å². The van der Waals surface area contributed by atoms with Gasteiger partial charge >= 0.3 is 0 Å². The molecule has 0 radical (unpaired) electrons. The molecule has 0 saturated heterocycles. The summed E-state index contributed by atoms with van der Waals surface area (Å²) in [4.78, 5) is 0. The van der Waals surface area contributed by atoms with Crippen molar-refractivity contribution in [3.63, 3.8) is 0 Å². The van der Waals surface area contributed by atoms with Crippen LogP contribution in [0.4, 0.5) is 4.39 Å². The van der Waals surface area contributed by atoms with Crippen molar-refractivity contribution in [2.24, 2.45) is 0 Å². The molecule has 2 rings (SSSR count). The molecule has 1 aromatic heterocycles. The van der Waals surface area contributed by atoms with Gasteiger partial charge in [-0.3, -0.25) is 0 Å². The molecule has 0 bridgehead atoms. The first-order valence-electron chi connectivity index (χ1n) is 4.81. The van der Waals surface area contributed by atoms with Crippen molar-refractivity contribution in [3.05, 3.63) is 46.0 Å². The molecule has 0 N–H and O–H groups in total. The highest BCUT2D eigenvalue weighted by Crippen LogP contribution is 2.26. The maximum absolute atomic E-state index is 13.7. The Labute approximate surface area is 108 Å². The highest BCUT2D eigenvalue weighted by atomic mass is 35.5. The van der Waals surface area contributed by atoms with Gasteiger partial charge in [-0.05, 0) is 12.1 Å². The number of methoxy groups -OCH3 is 1. The molecule has 0 amide bonds. The zero-order chi connectivity index (χ0) is 12.4. The molecule has 0 saturated carbocycles. The average molecular weight is 275 g/mol. The van der Waals surface area contributed by atoms with Crippen LogP contribution in [0.3, 0.4) is 0 Å². The lowest BCUT2D eigenvalue weighted by Gasteiger charge is -2.06. The Morgan fingerprint density at radius 3 is 2.82 bits per heavy atom. The van der Waals surface area contributed by atoms with Crippen LogP contribution in [-0.4, -0.2) is 16.9 Å². The Morgan fingerprint density at radius 2 is 2.18 bits per heavy atom. The molecule has 0 aliphatic rings. The van der Waals surface area contributed by atoms with Crippen LogP contribution in [0, 0.1) is 5.82 Å². The molecule has 0 fully saturated rings. The number of hydrogen-bond donors (Lipinski definition) is 0. The minimum Gasteiger partial charge on any atom is -0.378 e. The number of para-hydroxylation sites is 1. The summed E-state index contributed by atoms with van der Waals surface area (Å²) in [6.45, 7) is 0.304. The Hall–Kier alpha value is -1.10. The molecule has 0 aliphatic carbocycles. The van der Waals surface area contributed by atoms with Crippen LogP contribution in [-0.2, 0) is 11.3 Å². The summed E-state index contributed by atoms with van der Waals surface area (Å²) in [5.74, 6) is -0.480. The molecule has 0 unspecified atom stereocenters. The molecule has 0 spiro atoms.